The maximum Gasteiger partial charge on any atom is 0.313 e. The summed E-state index contributed by atoms with van der Waals surface area (Å²) in [7, 11) is -0.457. The first-order chi connectivity index (χ1) is 8.36. The Kier molecular flexibility index (Phi) is 6.24. The van der Waals surface area contributed by atoms with Crippen molar-refractivity contribution in [1.82, 2.24) is 0 Å². The van der Waals surface area contributed by atoms with E-state index in [-0.39, 0.29) is 5.04 Å². The van der Waals surface area contributed by atoms with Gasteiger partial charge in [-0.05, 0) is 38.4 Å². The lowest BCUT2D eigenvalue weighted by atomic mass is 9.85. The van der Waals surface area contributed by atoms with Crippen molar-refractivity contribution in [1.29, 1.82) is 0 Å². The van der Waals surface area contributed by atoms with Crippen LogP contribution in [0.4, 0.5) is 0 Å². The number of aliphatic hydroxyl groups excluding tert-OH is 1. The molecule has 0 aliphatic rings. The largest absolute Gasteiger partial charge is 0.469 e. The zero-order valence-electron chi connectivity index (χ0n) is 13.7. The summed E-state index contributed by atoms with van der Waals surface area (Å²) < 4.78 is 10.7. The van der Waals surface area contributed by atoms with Gasteiger partial charge in [0.1, 0.15) is 0 Å². The summed E-state index contributed by atoms with van der Waals surface area (Å²) in [5.41, 5.74) is -0.897. The number of ether oxygens (including phenoxy) is 1. The molecule has 0 heterocycles. The van der Waals surface area contributed by atoms with Crippen molar-refractivity contribution in [3.8, 4) is 0 Å². The molecule has 5 heteroatoms. The Balaban J connectivity index is 4.41. The fourth-order valence-electron chi connectivity index (χ4n) is 1.40. The maximum absolute atomic E-state index is 11.6. The molecular formula is C14H30O4Si. The molecule has 0 amide bonds. The van der Waals surface area contributed by atoms with Crippen LogP contribution in [-0.2, 0) is 14.0 Å². The molecule has 0 aromatic heterocycles. The molecule has 0 saturated carbocycles. The summed E-state index contributed by atoms with van der Waals surface area (Å²) in [6.45, 7) is 14.7. The van der Waals surface area contributed by atoms with Crippen LogP contribution in [0.3, 0.4) is 0 Å². The SMILES string of the molecule is COC(=O)C(C)(C)[C@H](O)CCO[Si](C)(C)C(C)(C)C. The number of hydrogen-bond donors (Lipinski definition) is 1. The van der Waals surface area contributed by atoms with Gasteiger partial charge in [-0.1, -0.05) is 20.8 Å². The Morgan fingerprint density at radius 3 is 2.05 bits per heavy atom. The molecule has 1 N–H and O–H groups in total. The molecule has 0 radical (unpaired) electrons. The van der Waals surface area contributed by atoms with Crippen LogP contribution >= 0.6 is 0 Å². The lowest BCUT2D eigenvalue weighted by molar-refractivity contribution is -0.157. The summed E-state index contributed by atoms with van der Waals surface area (Å²) in [6.07, 6.45) is -0.320. The van der Waals surface area contributed by atoms with Gasteiger partial charge < -0.3 is 14.3 Å². The van der Waals surface area contributed by atoms with Crippen LogP contribution in [0.2, 0.25) is 18.1 Å². The molecule has 1 atom stereocenters. The highest BCUT2D eigenvalue weighted by atomic mass is 28.4. The van der Waals surface area contributed by atoms with Crippen molar-refractivity contribution in [2.75, 3.05) is 13.7 Å². The van der Waals surface area contributed by atoms with E-state index in [4.69, 9.17) is 9.16 Å². The zero-order chi connectivity index (χ0) is 15.5. The molecule has 0 rings (SSSR count). The van der Waals surface area contributed by atoms with Crippen LogP contribution in [0.1, 0.15) is 41.0 Å². The summed E-state index contributed by atoms with van der Waals surface area (Å²) in [6, 6.07) is 0. The van der Waals surface area contributed by atoms with E-state index >= 15 is 0 Å². The highest BCUT2D eigenvalue weighted by Crippen LogP contribution is 2.36. The Bertz CT molecular complexity index is 305. The first-order valence-corrected chi connectivity index (χ1v) is 9.67. The van der Waals surface area contributed by atoms with Gasteiger partial charge in [0.2, 0.25) is 0 Å². The molecule has 0 spiro atoms. The minimum atomic E-state index is -1.79. The molecule has 19 heavy (non-hydrogen) atoms. The van der Waals surface area contributed by atoms with Gasteiger partial charge in [0.05, 0.1) is 18.6 Å². The highest BCUT2D eigenvalue weighted by molar-refractivity contribution is 6.74. The van der Waals surface area contributed by atoms with Gasteiger partial charge in [-0.15, -0.1) is 0 Å². The van der Waals surface area contributed by atoms with Crippen molar-refractivity contribution in [3.63, 3.8) is 0 Å². The van der Waals surface area contributed by atoms with Gasteiger partial charge in [-0.25, -0.2) is 0 Å². The van der Waals surface area contributed by atoms with Gasteiger partial charge in [-0.3, -0.25) is 4.79 Å². The molecule has 0 saturated heterocycles. The fourth-order valence-corrected chi connectivity index (χ4v) is 2.46. The predicted molar refractivity (Wildman–Crippen MR) is 79.6 cm³/mol. The fraction of sp³-hybridized carbons (Fsp3) is 0.929. The molecule has 0 aromatic rings. The number of carbonyl (C=O) groups is 1. The molecule has 114 valence electrons. The maximum atomic E-state index is 11.6. The lowest BCUT2D eigenvalue weighted by Crippen LogP contribution is -2.43. The molecule has 0 aromatic carbocycles. The number of aliphatic hydroxyl groups is 1. The van der Waals surface area contributed by atoms with Gasteiger partial charge in [0, 0.05) is 6.61 Å². The summed E-state index contributed by atoms with van der Waals surface area (Å²) in [5, 5.41) is 10.3. The van der Waals surface area contributed by atoms with E-state index in [9.17, 15) is 9.90 Å². The Morgan fingerprint density at radius 1 is 1.21 bits per heavy atom. The average molecular weight is 290 g/mol. The Labute approximate surface area is 118 Å². The second-order valence-corrected chi connectivity index (χ2v) is 11.9. The zero-order valence-corrected chi connectivity index (χ0v) is 14.7. The van der Waals surface area contributed by atoms with Gasteiger partial charge in [0.15, 0.2) is 8.32 Å². The van der Waals surface area contributed by atoms with Gasteiger partial charge in [0.25, 0.3) is 0 Å². The molecule has 0 aliphatic heterocycles. The van der Waals surface area contributed by atoms with E-state index in [0.717, 1.165) is 0 Å². The number of hydrogen-bond acceptors (Lipinski definition) is 4. The van der Waals surface area contributed by atoms with Gasteiger partial charge in [-0.2, -0.15) is 0 Å². The first kappa shape index (κ1) is 18.6. The molecule has 0 aliphatic carbocycles. The van der Waals surface area contributed by atoms with Gasteiger partial charge >= 0.3 is 5.97 Å². The van der Waals surface area contributed by atoms with Crippen molar-refractivity contribution in [3.05, 3.63) is 0 Å². The Morgan fingerprint density at radius 2 is 1.68 bits per heavy atom. The quantitative estimate of drug-likeness (QED) is 0.603. The molecular weight excluding hydrogens is 260 g/mol. The normalized spacial score (nSPS) is 15.2. The van der Waals surface area contributed by atoms with Crippen LogP contribution in [-0.4, -0.2) is 39.2 Å². The standard InChI is InChI=1S/C14H30O4Si/c1-13(2,3)19(7,8)18-10-9-11(15)14(4,5)12(16)17-6/h11,15H,9-10H2,1-8H3/t11-/m1/s1. The third-order valence-electron chi connectivity index (χ3n) is 4.20. The monoisotopic (exact) mass is 290 g/mol. The van der Waals surface area contributed by atoms with E-state index < -0.39 is 25.8 Å². The lowest BCUT2D eigenvalue weighted by Gasteiger charge is -2.37. The molecule has 4 nitrogen and oxygen atoms in total. The number of esters is 1. The van der Waals surface area contributed by atoms with Crippen LogP contribution in [0.25, 0.3) is 0 Å². The molecule has 0 unspecified atom stereocenters. The minimum Gasteiger partial charge on any atom is -0.469 e. The van der Waals surface area contributed by atoms with E-state index in [2.05, 4.69) is 33.9 Å². The van der Waals surface area contributed by atoms with E-state index in [1.807, 2.05) is 0 Å². The van der Waals surface area contributed by atoms with Crippen molar-refractivity contribution in [2.24, 2.45) is 5.41 Å². The first-order valence-electron chi connectivity index (χ1n) is 6.76. The van der Waals surface area contributed by atoms with E-state index in [1.165, 1.54) is 7.11 Å². The van der Waals surface area contributed by atoms with E-state index in [1.54, 1.807) is 13.8 Å². The molecule has 0 fully saturated rings. The summed E-state index contributed by atoms with van der Waals surface area (Å²) in [5.74, 6) is -0.396. The van der Waals surface area contributed by atoms with Crippen LogP contribution in [0.5, 0.6) is 0 Å². The van der Waals surface area contributed by atoms with Crippen molar-refractivity contribution in [2.45, 2.75) is 65.3 Å². The van der Waals surface area contributed by atoms with E-state index in [0.29, 0.717) is 13.0 Å². The third kappa shape index (κ3) is 4.89. The number of methoxy groups -OCH3 is 1. The molecule has 0 bridgehead atoms. The average Bonchev–Trinajstić information content (AvgIpc) is 2.25. The smallest absolute Gasteiger partial charge is 0.313 e. The topological polar surface area (TPSA) is 55.8 Å². The second-order valence-electron chi connectivity index (χ2n) is 7.13. The van der Waals surface area contributed by atoms with Crippen molar-refractivity contribution < 1.29 is 19.1 Å². The van der Waals surface area contributed by atoms with Crippen LogP contribution in [0, 0.1) is 5.41 Å². The van der Waals surface area contributed by atoms with Crippen LogP contribution < -0.4 is 0 Å². The number of rotatable bonds is 6. The number of carbonyl (C=O) groups excluding carboxylic acids is 1. The van der Waals surface area contributed by atoms with Crippen molar-refractivity contribution >= 4 is 14.3 Å². The Hall–Kier alpha value is -0.393. The van der Waals surface area contributed by atoms with Crippen LogP contribution in [0.15, 0.2) is 0 Å². The second kappa shape index (κ2) is 6.37. The highest BCUT2D eigenvalue weighted by Gasteiger charge is 2.39. The minimum absolute atomic E-state index is 0.149. The third-order valence-corrected chi connectivity index (χ3v) is 8.74. The predicted octanol–water partition coefficient (Wildman–Crippen LogP) is 2.96. The summed E-state index contributed by atoms with van der Waals surface area (Å²) >= 11 is 0. The summed E-state index contributed by atoms with van der Waals surface area (Å²) in [4.78, 5) is 11.6.